The van der Waals surface area contributed by atoms with Crippen LogP contribution in [0.1, 0.15) is 0 Å². The van der Waals surface area contributed by atoms with Crippen LogP contribution in [0.25, 0.3) is 0 Å². The van der Waals surface area contributed by atoms with E-state index < -0.39 is 0 Å². The van der Waals surface area contributed by atoms with Gasteiger partial charge in [0.15, 0.2) is 0 Å². The smallest absolute Gasteiger partial charge is 0 e. The third kappa shape index (κ3) is 41.4. The fraction of sp³-hybridized carbons (Fsp3) is 0. The van der Waals surface area contributed by atoms with E-state index in [2.05, 4.69) is 4.89 Å². The summed E-state index contributed by atoms with van der Waals surface area (Å²) in [5, 5.41) is 14.3. The van der Waals surface area contributed by atoms with Crippen LogP contribution in [0.5, 0.6) is 0 Å². The molecule has 2 radical (unpaired) electrons. The molecule has 0 bridgehead atoms. The quantitative estimate of drug-likeness (QED) is 0.317. The molecule has 3 nitrogen and oxygen atoms in total. The minimum Gasteiger partial charge on any atom is -0.536 e. The maximum Gasteiger partial charge on any atom is 0 e. The molecule has 0 aromatic carbocycles. The molecule has 0 saturated carbocycles. The zero-order valence-electron chi connectivity index (χ0n) is 3.55. The van der Waals surface area contributed by atoms with E-state index in [0.29, 0.717) is 0 Å². The van der Waals surface area contributed by atoms with E-state index in [1.165, 1.54) is 0 Å². The average molecular weight is 284 g/mol. The summed E-state index contributed by atoms with van der Waals surface area (Å²) in [6.07, 6.45) is 0. The van der Waals surface area contributed by atoms with E-state index in [-0.39, 0.29) is 53.2 Å². The number of rotatable bonds is 1. The molecule has 0 fully saturated rings. The third-order valence-corrected chi connectivity index (χ3v) is 0.0471. The zero-order valence-corrected chi connectivity index (χ0v) is 6.82. The third-order valence-electron chi connectivity index (χ3n) is 0.0471. The first-order chi connectivity index (χ1) is 1.91. The fourth-order valence-corrected chi connectivity index (χ4v) is 0. The first kappa shape index (κ1) is 24.2. The number of hydrogen-bond acceptors (Lipinski definition) is 3. The molecule has 0 aliphatic carbocycles. The van der Waals surface area contributed by atoms with E-state index in [1.54, 1.807) is 0 Å². The molecule has 0 saturated heterocycles. The minimum atomic E-state index is 0. The molecule has 5 heteroatoms. The second-order valence-corrected chi connectivity index (χ2v) is 0.211. The normalized spacial score (nSPS) is 4.29. The van der Waals surface area contributed by atoms with Gasteiger partial charge in [0, 0.05) is 39.0 Å². The van der Waals surface area contributed by atoms with E-state index >= 15 is 0 Å². The number of aliphatic hydroxyl groups excluding tert-OH is 1. The molecule has 0 amide bonds. The largest absolute Gasteiger partial charge is 0.536 e. The molecule has 0 atom stereocenters. The van der Waals surface area contributed by atoms with Crippen molar-refractivity contribution in [3.8, 4) is 0 Å². The molecular weight excluding hydrogens is 278 g/mol. The fourth-order valence-electron chi connectivity index (χ4n) is 0. The Labute approximate surface area is 68.5 Å². The van der Waals surface area contributed by atoms with Gasteiger partial charge in [-0.2, -0.15) is 0 Å². The molecule has 0 aliphatic rings. The summed E-state index contributed by atoms with van der Waals surface area (Å²) in [4.78, 5) is 2.97. The van der Waals surface area contributed by atoms with E-state index in [0.717, 1.165) is 0 Å². The van der Waals surface area contributed by atoms with Crippen LogP contribution < -0.4 is 0 Å². The predicted molar refractivity (Wildman–Crippen MR) is 16.4 cm³/mol. The molecule has 52 valence electrons. The van der Waals surface area contributed by atoms with Gasteiger partial charge < -0.3 is 17.4 Å². The van der Waals surface area contributed by atoms with Crippen molar-refractivity contribution in [3.05, 3.63) is 14.2 Å². The maximum atomic E-state index is 7.28. The van der Waals surface area contributed by atoms with Crippen molar-refractivity contribution in [2.24, 2.45) is 0 Å². The maximum absolute atomic E-state index is 7.28. The molecule has 0 aromatic rings. The standard InChI is InChI=1S/CH3O3.CH3.2Rh/c2-1-4-3;;;/h1-3H;1H3;;/q2*-1;;. The summed E-state index contributed by atoms with van der Waals surface area (Å²) in [6.45, 7) is 0.181. The summed E-state index contributed by atoms with van der Waals surface area (Å²) in [6, 6.07) is 0. The van der Waals surface area contributed by atoms with Crippen LogP contribution in [0.15, 0.2) is 0 Å². The number of hydrogen-bond donors (Lipinski definition) is 2. The minimum absolute atomic E-state index is 0. The Morgan fingerprint density at radius 2 is 1.43 bits per heavy atom. The molecular formula is C2H6O3Rh2-2. The average Bonchev–Trinajstić information content (AvgIpc) is 1.37. The van der Waals surface area contributed by atoms with Gasteiger partial charge in [0.2, 0.25) is 0 Å². The van der Waals surface area contributed by atoms with Crippen molar-refractivity contribution in [2.75, 3.05) is 0 Å². The van der Waals surface area contributed by atoms with E-state index in [1.807, 2.05) is 0 Å². The van der Waals surface area contributed by atoms with Crippen LogP contribution >= 0.6 is 0 Å². The second kappa shape index (κ2) is 27.4. The summed E-state index contributed by atoms with van der Waals surface area (Å²) < 4.78 is 0. The Hall–Kier alpha value is 1.13. The van der Waals surface area contributed by atoms with Crippen LogP contribution in [0, 0.1) is 14.2 Å². The van der Waals surface area contributed by atoms with Gasteiger partial charge in [0.1, 0.15) is 0 Å². The van der Waals surface area contributed by atoms with Crippen LogP contribution in [0.2, 0.25) is 0 Å². The predicted octanol–water partition coefficient (Wildman–Crippen LogP) is 0.413. The summed E-state index contributed by atoms with van der Waals surface area (Å²) in [5.74, 6) is 0. The summed E-state index contributed by atoms with van der Waals surface area (Å²) in [5.41, 5.74) is 0. The number of aliphatic hydroxyl groups is 1. The Bertz CT molecular complexity index is 12.9. The van der Waals surface area contributed by atoms with E-state index in [4.69, 9.17) is 10.4 Å². The van der Waals surface area contributed by atoms with Crippen LogP contribution in [-0.2, 0) is 43.8 Å². The Morgan fingerprint density at radius 3 is 1.43 bits per heavy atom. The van der Waals surface area contributed by atoms with Gasteiger partial charge in [-0.05, 0) is 0 Å². The van der Waals surface area contributed by atoms with Crippen molar-refractivity contribution in [1.82, 2.24) is 0 Å². The van der Waals surface area contributed by atoms with E-state index in [9.17, 15) is 0 Å². The zero-order chi connectivity index (χ0) is 3.41. The van der Waals surface area contributed by atoms with Gasteiger partial charge in [-0.3, -0.25) is 5.26 Å². The summed E-state index contributed by atoms with van der Waals surface area (Å²) >= 11 is 0. The van der Waals surface area contributed by atoms with Crippen LogP contribution in [-0.4, -0.2) is 10.4 Å². The molecule has 0 rings (SSSR count). The second-order valence-electron chi connectivity index (χ2n) is 0.211. The molecule has 0 aliphatic heterocycles. The molecule has 2 N–H and O–H groups in total. The van der Waals surface area contributed by atoms with Crippen molar-refractivity contribution in [1.29, 1.82) is 0 Å². The monoisotopic (exact) mass is 284 g/mol. The van der Waals surface area contributed by atoms with Crippen molar-refractivity contribution in [2.45, 2.75) is 0 Å². The molecule has 7 heavy (non-hydrogen) atoms. The van der Waals surface area contributed by atoms with Gasteiger partial charge in [-0.15, -0.1) is 0 Å². The molecule has 0 heterocycles. The summed E-state index contributed by atoms with van der Waals surface area (Å²) in [7, 11) is 0. The first-order valence-corrected chi connectivity index (χ1v) is 0.676. The molecule has 0 spiro atoms. The SMILES string of the molecule is O[CH-]OO.[CH3-].[Rh].[Rh]. The van der Waals surface area contributed by atoms with Crippen molar-refractivity contribution in [3.63, 3.8) is 0 Å². The Balaban J connectivity index is -0.0000000150. The van der Waals surface area contributed by atoms with Crippen molar-refractivity contribution < 1.29 is 54.2 Å². The van der Waals surface area contributed by atoms with Gasteiger partial charge >= 0.3 is 0 Å². The Morgan fingerprint density at radius 1 is 1.29 bits per heavy atom. The topological polar surface area (TPSA) is 49.7 Å². The van der Waals surface area contributed by atoms with Gasteiger partial charge in [-0.25, -0.2) is 0 Å². The molecule has 0 aromatic heterocycles. The van der Waals surface area contributed by atoms with Gasteiger partial charge in [0.25, 0.3) is 0 Å². The van der Waals surface area contributed by atoms with Crippen LogP contribution in [0.4, 0.5) is 0 Å². The Kier molecular flexibility index (Phi) is 94.7. The first-order valence-electron chi connectivity index (χ1n) is 0.676. The van der Waals surface area contributed by atoms with Crippen molar-refractivity contribution >= 4 is 0 Å². The molecule has 0 unspecified atom stereocenters. The van der Waals surface area contributed by atoms with Crippen LogP contribution in [0.3, 0.4) is 0 Å². The van der Waals surface area contributed by atoms with Gasteiger partial charge in [-0.1, -0.05) is 6.79 Å². The van der Waals surface area contributed by atoms with Gasteiger partial charge in [0.05, 0.1) is 0 Å².